The lowest BCUT2D eigenvalue weighted by atomic mass is 10.2. The van der Waals surface area contributed by atoms with Gasteiger partial charge < -0.3 is 14.8 Å². The number of nitrogens with one attached hydrogen (secondary N) is 2. The van der Waals surface area contributed by atoms with Gasteiger partial charge in [-0.15, -0.1) is 0 Å². The zero-order chi connectivity index (χ0) is 23.8. The fourth-order valence-electron chi connectivity index (χ4n) is 2.71. The van der Waals surface area contributed by atoms with E-state index in [1.54, 1.807) is 54.6 Å². The Morgan fingerprint density at radius 3 is 2.39 bits per heavy atom. The lowest BCUT2D eigenvalue weighted by molar-refractivity contribution is -0.119. The number of ether oxygens (including phenoxy) is 2. The molecule has 0 fully saturated rings. The van der Waals surface area contributed by atoms with Gasteiger partial charge in [0.25, 0.3) is 5.91 Å². The smallest absolute Gasteiger partial charge is 0.259 e. The first kappa shape index (κ1) is 25.0. The molecule has 0 radical (unpaired) electrons. The number of methoxy groups -OCH3 is 1. The molecule has 3 aromatic rings. The molecule has 0 aliphatic heterocycles. The molecule has 0 aromatic heterocycles. The van der Waals surface area contributed by atoms with E-state index in [0.717, 1.165) is 11.3 Å². The predicted octanol–water partition coefficient (Wildman–Crippen LogP) is 6.45. The molecule has 0 heterocycles. The summed E-state index contributed by atoms with van der Waals surface area (Å²) in [5.41, 5.74) is 4.57. The highest BCUT2D eigenvalue weighted by Gasteiger charge is 2.13. The molecule has 10 heteroatoms. The Morgan fingerprint density at radius 2 is 1.70 bits per heavy atom. The number of carbonyl (C=O) groups is 1. The Morgan fingerprint density at radius 1 is 0.970 bits per heavy atom. The molecule has 2 N–H and O–H groups in total. The molecule has 3 rings (SSSR count). The van der Waals surface area contributed by atoms with Crippen molar-refractivity contribution >= 4 is 64.2 Å². The second-order valence-corrected chi connectivity index (χ2v) is 8.40. The molecule has 0 atom stereocenters. The van der Waals surface area contributed by atoms with Crippen LogP contribution in [0.25, 0.3) is 0 Å². The van der Waals surface area contributed by atoms with E-state index < -0.39 is 0 Å². The molecular weight excluding hydrogens is 508 g/mol. The van der Waals surface area contributed by atoms with E-state index in [2.05, 4.69) is 15.8 Å². The Balaban J connectivity index is 1.59. The number of anilines is 1. The Kier molecular flexibility index (Phi) is 9.09. The molecule has 172 valence electrons. The fraction of sp³-hybridized carbons (Fsp3) is 0.130. The van der Waals surface area contributed by atoms with Crippen molar-refractivity contribution in [1.29, 1.82) is 0 Å². The zero-order valence-electron chi connectivity index (χ0n) is 17.4. The second kappa shape index (κ2) is 12.0. The number of benzene rings is 3. The van der Waals surface area contributed by atoms with Gasteiger partial charge in [0.05, 0.1) is 24.9 Å². The van der Waals surface area contributed by atoms with Crippen LogP contribution >= 0.6 is 46.4 Å². The fourth-order valence-corrected chi connectivity index (χ4v) is 3.57. The molecule has 3 aromatic carbocycles. The number of nitrogens with zero attached hydrogens (tertiary/aromatic N) is 1. The van der Waals surface area contributed by atoms with Crippen molar-refractivity contribution in [2.24, 2.45) is 5.10 Å². The van der Waals surface area contributed by atoms with Gasteiger partial charge >= 0.3 is 0 Å². The summed E-state index contributed by atoms with van der Waals surface area (Å²) in [7, 11) is 1.50. The van der Waals surface area contributed by atoms with Crippen LogP contribution in [0.15, 0.2) is 59.7 Å². The van der Waals surface area contributed by atoms with Gasteiger partial charge in [0.1, 0.15) is 6.61 Å². The second-order valence-electron chi connectivity index (χ2n) is 6.71. The summed E-state index contributed by atoms with van der Waals surface area (Å²) in [6.45, 7) is 0.222. The van der Waals surface area contributed by atoms with Crippen molar-refractivity contribution in [3.8, 4) is 11.5 Å². The van der Waals surface area contributed by atoms with Crippen LogP contribution < -0.4 is 20.2 Å². The minimum Gasteiger partial charge on any atom is -0.493 e. The lowest BCUT2D eigenvalue weighted by Crippen LogP contribution is -2.25. The number of amides is 1. The van der Waals surface area contributed by atoms with Crippen LogP contribution in [-0.4, -0.2) is 25.8 Å². The van der Waals surface area contributed by atoms with E-state index in [1.165, 1.54) is 13.3 Å². The average Bonchev–Trinajstić information content (AvgIpc) is 2.78. The lowest BCUT2D eigenvalue weighted by Gasteiger charge is -2.14. The van der Waals surface area contributed by atoms with Gasteiger partial charge in [-0.1, -0.05) is 52.5 Å². The predicted molar refractivity (Wildman–Crippen MR) is 134 cm³/mol. The SMILES string of the molecule is COc1cc(/C=N\NC(=O)CNc2ccc(Cl)cc2)cc(Cl)c1OCc1ccc(Cl)cc1Cl. The minimum absolute atomic E-state index is 0.0447. The Hall–Kier alpha value is -2.64. The van der Waals surface area contributed by atoms with E-state index in [9.17, 15) is 4.79 Å². The summed E-state index contributed by atoms with van der Waals surface area (Å²) in [6, 6.07) is 15.5. The van der Waals surface area contributed by atoms with Gasteiger partial charge in [0.15, 0.2) is 11.5 Å². The number of carbonyl (C=O) groups excluding carboxylic acids is 1. The summed E-state index contributed by atoms with van der Waals surface area (Å²) < 4.78 is 11.2. The van der Waals surface area contributed by atoms with Crippen LogP contribution in [0.3, 0.4) is 0 Å². The third-order valence-electron chi connectivity index (χ3n) is 4.34. The maximum absolute atomic E-state index is 12.0. The number of halogens is 4. The monoisotopic (exact) mass is 525 g/mol. The van der Waals surface area contributed by atoms with Gasteiger partial charge in [0, 0.05) is 26.3 Å². The van der Waals surface area contributed by atoms with Crippen LogP contribution in [0.4, 0.5) is 5.69 Å². The molecule has 0 spiro atoms. The van der Waals surface area contributed by atoms with E-state index in [4.69, 9.17) is 55.9 Å². The zero-order valence-corrected chi connectivity index (χ0v) is 20.4. The van der Waals surface area contributed by atoms with Crippen molar-refractivity contribution in [3.05, 3.63) is 85.8 Å². The van der Waals surface area contributed by atoms with Gasteiger partial charge in [0.2, 0.25) is 0 Å². The van der Waals surface area contributed by atoms with Crippen molar-refractivity contribution in [1.82, 2.24) is 5.43 Å². The Labute approximate surface area is 211 Å². The van der Waals surface area contributed by atoms with E-state index in [1.807, 2.05) is 0 Å². The van der Waals surface area contributed by atoms with E-state index in [-0.39, 0.29) is 19.1 Å². The van der Waals surface area contributed by atoms with Gasteiger partial charge in [-0.05, 0) is 54.1 Å². The van der Waals surface area contributed by atoms with Crippen LogP contribution in [0.5, 0.6) is 11.5 Å². The normalized spacial score (nSPS) is 10.8. The number of rotatable bonds is 9. The van der Waals surface area contributed by atoms with Crippen molar-refractivity contribution in [2.45, 2.75) is 6.61 Å². The summed E-state index contributed by atoms with van der Waals surface area (Å²) in [5.74, 6) is 0.447. The highest BCUT2D eigenvalue weighted by atomic mass is 35.5. The summed E-state index contributed by atoms with van der Waals surface area (Å²) >= 11 is 24.3. The maximum atomic E-state index is 12.0. The molecule has 33 heavy (non-hydrogen) atoms. The summed E-state index contributed by atoms with van der Waals surface area (Å²) in [4.78, 5) is 12.0. The van der Waals surface area contributed by atoms with Crippen LogP contribution in [0.1, 0.15) is 11.1 Å². The van der Waals surface area contributed by atoms with E-state index in [0.29, 0.717) is 37.2 Å². The molecule has 1 amide bonds. The molecule has 0 saturated carbocycles. The van der Waals surface area contributed by atoms with Crippen molar-refractivity contribution in [3.63, 3.8) is 0 Å². The number of hydrazone groups is 1. The van der Waals surface area contributed by atoms with Crippen LogP contribution in [0, 0.1) is 0 Å². The largest absolute Gasteiger partial charge is 0.493 e. The van der Waals surface area contributed by atoms with Gasteiger partial charge in [-0.3, -0.25) is 4.79 Å². The third kappa shape index (κ3) is 7.44. The standard InChI is InChI=1S/C23H19Cl4N3O3/c1-32-21-9-14(11-29-30-22(31)12-28-18-6-4-16(24)5-7-18)8-20(27)23(21)33-13-15-2-3-17(25)10-19(15)26/h2-11,28H,12-13H2,1H3,(H,30,31)/b29-11-. The first-order valence-electron chi connectivity index (χ1n) is 9.61. The highest BCUT2D eigenvalue weighted by Crippen LogP contribution is 2.37. The van der Waals surface area contributed by atoms with Gasteiger partial charge in [-0.25, -0.2) is 5.43 Å². The molecule has 0 bridgehead atoms. The first-order chi connectivity index (χ1) is 15.9. The summed E-state index contributed by atoms with van der Waals surface area (Å²) in [6.07, 6.45) is 1.45. The highest BCUT2D eigenvalue weighted by molar-refractivity contribution is 6.35. The molecule has 6 nitrogen and oxygen atoms in total. The van der Waals surface area contributed by atoms with Crippen molar-refractivity contribution < 1.29 is 14.3 Å². The quantitative estimate of drug-likeness (QED) is 0.248. The molecule has 0 unspecified atom stereocenters. The third-order valence-corrected chi connectivity index (χ3v) is 5.46. The maximum Gasteiger partial charge on any atom is 0.259 e. The molecule has 0 saturated heterocycles. The van der Waals surface area contributed by atoms with Crippen LogP contribution in [0.2, 0.25) is 20.1 Å². The minimum atomic E-state index is -0.320. The average molecular weight is 527 g/mol. The van der Waals surface area contributed by atoms with E-state index >= 15 is 0 Å². The molecule has 0 aliphatic rings. The number of hydrogen-bond donors (Lipinski definition) is 2. The number of hydrogen-bond acceptors (Lipinski definition) is 5. The van der Waals surface area contributed by atoms with Crippen LogP contribution in [-0.2, 0) is 11.4 Å². The summed E-state index contributed by atoms with van der Waals surface area (Å²) in [5, 5.41) is 8.89. The molecular formula is C23H19Cl4N3O3. The van der Waals surface area contributed by atoms with Crippen molar-refractivity contribution in [2.75, 3.05) is 19.0 Å². The topological polar surface area (TPSA) is 72.0 Å². The van der Waals surface area contributed by atoms with Gasteiger partial charge in [-0.2, -0.15) is 5.10 Å². The Bertz CT molecular complexity index is 1150. The first-order valence-corrected chi connectivity index (χ1v) is 11.1. The molecule has 0 aliphatic carbocycles.